The smallest absolute Gasteiger partial charge is 0.313 e. The minimum absolute atomic E-state index is 0.0113. The highest BCUT2D eigenvalue weighted by Gasteiger charge is 2.44. The topological polar surface area (TPSA) is 107 Å². The van der Waals surface area contributed by atoms with E-state index >= 15 is 0 Å². The number of hydrogen-bond donors (Lipinski definition) is 2. The fraction of sp³-hybridized carbons (Fsp3) is 0.462. The van der Waals surface area contributed by atoms with Gasteiger partial charge in [-0.2, -0.15) is 0 Å². The van der Waals surface area contributed by atoms with Crippen LogP contribution in [-0.4, -0.2) is 29.5 Å². The number of nitrogens with two attached hydrogens (primary N) is 1. The number of ether oxygens (including phenoxy) is 1. The summed E-state index contributed by atoms with van der Waals surface area (Å²) < 4.78 is 18.6. The maximum Gasteiger partial charge on any atom is 0.313 e. The van der Waals surface area contributed by atoms with E-state index in [9.17, 15) is 19.3 Å². The summed E-state index contributed by atoms with van der Waals surface area (Å²) in [6.45, 7) is 0. The van der Waals surface area contributed by atoms with Gasteiger partial charge in [-0.15, -0.1) is 0 Å². The van der Waals surface area contributed by atoms with E-state index in [0.29, 0.717) is 19.3 Å². The SMILES string of the molecule is CNC1(C(N)=O)CCC(Oc2ccc(F)cc2[N+](=O)[O-])C1. The van der Waals surface area contributed by atoms with Gasteiger partial charge in [0, 0.05) is 6.42 Å². The van der Waals surface area contributed by atoms with E-state index in [1.54, 1.807) is 7.05 Å². The van der Waals surface area contributed by atoms with Crippen LogP contribution >= 0.6 is 0 Å². The molecule has 0 radical (unpaired) electrons. The van der Waals surface area contributed by atoms with Crippen molar-refractivity contribution in [1.82, 2.24) is 5.32 Å². The van der Waals surface area contributed by atoms with E-state index < -0.39 is 34.0 Å². The van der Waals surface area contributed by atoms with Gasteiger partial charge in [0.05, 0.1) is 11.0 Å². The number of nitro benzene ring substituents is 1. The van der Waals surface area contributed by atoms with Crippen molar-refractivity contribution >= 4 is 11.6 Å². The molecule has 1 saturated carbocycles. The van der Waals surface area contributed by atoms with Gasteiger partial charge in [-0.05, 0) is 32.0 Å². The fourth-order valence-corrected chi connectivity index (χ4v) is 2.59. The molecule has 3 N–H and O–H groups in total. The molecule has 8 heteroatoms. The van der Waals surface area contributed by atoms with Gasteiger partial charge in [0.15, 0.2) is 5.75 Å². The van der Waals surface area contributed by atoms with Crippen molar-refractivity contribution in [3.05, 3.63) is 34.1 Å². The van der Waals surface area contributed by atoms with Crippen molar-refractivity contribution in [3.8, 4) is 5.75 Å². The molecule has 2 rings (SSSR count). The maximum absolute atomic E-state index is 13.1. The van der Waals surface area contributed by atoms with E-state index in [1.165, 1.54) is 6.07 Å². The van der Waals surface area contributed by atoms with Crippen molar-refractivity contribution in [1.29, 1.82) is 0 Å². The number of nitro groups is 1. The van der Waals surface area contributed by atoms with Gasteiger partial charge >= 0.3 is 5.69 Å². The minimum atomic E-state index is -0.862. The number of carbonyl (C=O) groups is 1. The minimum Gasteiger partial charge on any atom is -0.483 e. The molecule has 0 aliphatic heterocycles. The molecule has 0 bridgehead atoms. The van der Waals surface area contributed by atoms with E-state index in [-0.39, 0.29) is 5.75 Å². The molecule has 0 spiro atoms. The third-order valence-electron chi connectivity index (χ3n) is 3.83. The number of nitrogens with zero attached hydrogens (tertiary/aromatic N) is 1. The molecule has 114 valence electrons. The molecule has 0 saturated heterocycles. The lowest BCUT2D eigenvalue weighted by Crippen LogP contribution is -2.52. The Morgan fingerprint density at radius 2 is 2.33 bits per heavy atom. The van der Waals surface area contributed by atoms with Crippen molar-refractivity contribution in [2.24, 2.45) is 5.73 Å². The van der Waals surface area contributed by atoms with Crippen LogP contribution in [0.5, 0.6) is 5.75 Å². The Hall–Kier alpha value is -2.22. The predicted molar refractivity (Wildman–Crippen MR) is 72.3 cm³/mol. The van der Waals surface area contributed by atoms with Gasteiger partial charge in [0.25, 0.3) is 0 Å². The van der Waals surface area contributed by atoms with Gasteiger partial charge in [0.1, 0.15) is 17.5 Å². The molecular weight excluding hydrogens is 281 g/mol. The first-order valence-electron chi connectivity index (χ1n) is 6.47. The van der Waals surface area contributed by atoms with Gasteiger partial charge in [-0.3, -0.25) is 14.9 Å². The molecular formula is C13H16FN3O4. The van der Waals surface area contributed by atoms with Crippen LogP contribution in [0.1, 0.15) is 19.3 Å². The summed E-state index contributed by atoms with van der Waals surface area (Å²) in [6, 6.07) is 3.12. The van der Waals surface area contributed by atoms with Crippen LogP contribution in [0.4, 0.5) is 10.1 Å². The number of primary amides is 1. The van der Waals surface area contributed by atoms with Crippen molar-refractivity contribution < 1.29 is 18.8 Å². The van der Waals surface area contributed by atoms with Crippen LogP contribution < -0.4 is 15.8 Å². The molecule has 2 atom stereocenters. The molecule has 1 amide bonds. The largest absolute Gasteiger partial charge is 0.483 e. The summed E-state index contributed by atoms with van der Waals surface area (Å²) in [5.41, 5.74) is 4.09. The zero-order valence-corrected chi connectivity index (χ0v) is 11.5. The molecule has 1 fully saturated rings. The summed E-state index contributed by atoms with van der Waals surface area (Å²) in [7, 11) is 1.63. The Bertz CT molecular complexity index is 581. The van der Waals surface area contributed by atoms with Crippen molar-refractivity contribution in [2.45, 2.75) is 30.9 Å². The zero-order chi connectivity index (χ0) is 15.6. The Labute approximate surface area is 120 Å². The second kappa shape index (κ2) is 5.65. The molecule has 7 nitrogen and oxygen atoms in total. The molecule has 0 heterocycles. The summed E-state index contributed by atoms with van der Waals surface area (Å²) >= 11 is 0. The molecule has 1 aromatic carbocycles. The first-order chi connectivity index (χ1) is 9.88. The van der Waals surface area contributed by atoms with Gasteiger partial charge in [-0.1, -0.05) is 0 Å². The predicted octanol–water partition coefficient (Wildman–Crippen LogP) is 1.11. The highest BCUT2D eigenvalue weighted by molar-refractivity contribution is 5.85. The number of hydrogen-bond acceptors (Lipinski definition) is 5. The molecule has 0 aromatic heterocycles. The summed E-state index contributed by atoms with van der Waals surface area (Å²) in [5, 5.41) is 13.8. The third-order valence-corrected chi connectivity index (χ3v) is 3.83. The van der Waals surface area contributed by atoms with Crippen LogP contribution in [0.15, 0.2) is 18.2 Å². The summed E-state index contributed by atoms with van der Waals surface area (Å²) in [5.74, 6) is -1.20. The quantitative estimate of drug-likeness (QED) is 0.625. The highest BCUT2D eigenvalue weighted by Crippen LogP contribution is 2.35. The van der Waals surface area contributed by atoms with E-state index in [0.717, 1.165) is 12.1 Å². The normalized spacial score (nSPS) is 24.8. The lowest BCUT2D eigenvalue weighted by atomic mass is 9.97. The summed E-state index contributed by atoms with van der Waals surface area (Å²) in [4.78, 5) is 21.7. The van der Waals surface area contributed by atoms with E-state index in [4.69, 9.17) is 10.5 Å². The second-order valence-electron chi connectivity index (χ2n) is 5.05. The van der Waals surface area contributed by atoms with Crippen LogP contribution in [0.3, 0.4) is 0 Å². The number of rotatable bonds is 5. The lowest BCUT2D eigenvalue weighted by Gasteiger charge is -2.24. The zero-order valence-electron chi connectivity index (χ0n) is 11.5. The van der Waals surface area contributed by atoms with Crippen molar-refractivity contribution in [3.63, 3.8) is 0 Å². The number of amides is 1. The Morgan fingerprint density at radius 3 is 2.86 bits per heavy atom. The average Bonchev–Trinajstić information content (AvgIpc) is 2.85. The highest BCUT2D eigenvalue weighted by atomic mass is 19.1. The first kappa shape index (κ1) is 15.2. The number of halogens is 1. The van der Waals surface area contributed by atoms with Gasteiger partial charge in [0.2, 0.25) is 5.91 Å². The summed E-state index contributed by atoms with van der Waals surface area (Å²) in [6.07, 6.45) is 0.929. The maximum atomic E-state index is 13.1. The number of carbonyl (C=O) groups excluding carboxylic acids is 1. The molecule has 1 aliphatic carbocycles. The molecule has 21 heavy (non-hydrogen) atoms. The van der Waals surface area contributed by atoms with Crippen LogP contribution in [0, 0.1) is 15.9 Å². The van der Waals surface area contributed by atoms with Crippen LogP contribution in [0.25, 0.3) is 0 Å². The third kappa shape index (κ3) is 2.94. The molecule has 2 unspecified atom stereocenters. The average molecular weight is 297 g/mol. The van der Waals surface area contributed by atoms with Crippen molar-refractivity contribution in [2.75, 3.05) is 7.05 Å². The second-order valence-corrected chi connectivity index (χ2v) is 5.05. The Morgan fingerprint density at radius 1 is 1.62 bits per heavy atom. The number of benzene rings is 1. The number of nitrogens with one attached hydrogen (secondary N) is 1. The Balaban J connectivity index is 2.17. The standard InChI is InChI=1S/C13H16FN3O4/c1-16-13(12(15)18)5-4-9(7-13)21-11-3-2-8(14)6-10(11)17(19)20/h2-3,6,9,16H,4-5,7H2,1H3,(H2,15,18). The Kier molecular flexibility index (Phi) is 4.08. The van der Waals surface area contributed by atoms with Crippen LogP contribution in [-0.2, 0) is 4.79 Å². The number of likely N-dealkylation sites (N-methyl/N-ethyl adjacent to an activating group) is 1. The monoisotopic (exact) mass is 297 g/mol. The molecule has 1 aliphatic rings. The van der Waals surface area contributed by atoms with E-state index in [1.807, 2.05) is 0 Å². The molecule has 1 aromatic rings. The van der Waals surface area contributed by atoms with Gasteiger partial charge < -0.3 is 15.8 Å². The van der Waals surface area contributed by atoms with E-state index in [2.05, 4.69) is 5.32 Å². The first-order valence-corrected chi connectivity index (χ1v) is 6.47. The van der Waals surface area contributed by atoms with Gasteiger partial charge in [-0.25, -0.2) is 4.39 Å². The fourth-order valence-electron chi connectivity index (χ4n) is 2.59. The lowest BCUT2D eigenvalue weighted by molar-refractivity contribution is -0.386. The van der Waals surface area contributed by atoms with Crippen LogP contribution in [0.2, 0.25) is 0 Å².